The van der Waals surface area contributed by atoms with E-state index in [1.165, 1.54) is 48.1 Å². The third-order valence-electron chi connectivity index (χ3n) is 3.54. The first-order valence-electron chi connectivity index (χ1n) is 6.70. The van der Waals surface area contributed by atoms with Crippen molar-refractivity contribution in [3.8, 4) is 0 Å². The normalized spacial score (nSPS) is 17.3. The SMILES string of the molecule is CNCc1ccc(SC2CCCCC2)cc1C. The van der Waals surface area contributed by atoms with Crippen LogP contribution in [0.2, 0.25) is 0 Å². The van der Waals surface area contributed by atoms with Crippen molar-refractivity contribution in [2.24, 2.45) is 0 Å². The van der Waals surface area contributed by atoms with Crippen molar-refractivity contribution in [3.63, 3.8) is 0 Å². The molecular weight excluding hydrogens is 226 g/mol. The molecule has 1 aromatic carbocycles. The largest absolute Gasteiger partial charge is 0.316 e. The predicted molar refractivity (Wildman–Crippen MR) is 76.7 cm³/mol. The molecule has 0 radical (unpaired) electrons. The number of aryl methyl sites for hydroxylation is 1. The van der Waals surface area contributed by atoms with Crippen LogP contribution in [0.15, 0.2) is 23.1 Å². The zero-order valence-corrected chi connectivity index (χ0v) is 11.8. The van der Waals surface area contributed by atoms with Crippen LogP contribution in [0.1, 0.15) is 43.2 Å². The first kappa shape index (κ1) is 13.0. The molecule has 0 bridgehead atoms. The maximum atomic E-state index is 3.22. The summed E-state index contributed by atoms with van der Waals surface area (Å²) >= 11 is 2.09. The van der Waals surface area contributed by atoms with Gasteiger partial charge in [-0.3, -0.25) is 0 Å². The Morgan fingerprint density at radius 3 is 2.65 bits per heavy atom. The maximum Gasteiger partial charge on any atom is 0.0205 e. The molecule has 0 aromatic heterocycles. The lowest BCUT2D eigenvalue weighted by atomic mass is 10.0. The van der Waals surface area contributed by atoms with Gasteiger partial charge in [-0.2, -0.15) is 0 Å². The molecule has 1 aliphatic rings. The Labute approximate surface area is 109 Å². The summed E-state index contributed by atoms with van der Waals surface area (Å²) in [5, 5.41) is 4.08. The lowest BCUT2D eigenvalue weighted by Gasteiger charge is -2.21. The van der Waals surface area contributed by atoms with Gasteiger partial charge in [0.05, 0.1) is 0 Å². The topological polar surface area (TPSA) is 12.0 Å². The molecule has 1 aliphatic carbocycles. The van der Waals surface area contributed by atoms with Gasteiger partial charge in [-0.1, -0.05) is 25.3 Å². The average molecular weight is 249 g/mol. The van der Waals surface area contributed by atoms with Gasteiger partial charge in [0.2, 0.25) is 0 Å². The second-order valence-corrected chi connectivity index (χ2v) is 6.37. The summed E-state index contributed by atoms with van der Waals surface area (Å²) in [6.45, 7) is 3.19. The number of hydrogen-bond donors (Lipinski definition) is 1. The molecule has 0 heterocycles. The van der Waals surface area contributed by atoms with Gasteiger partial charge in [0.1, 0.15) is 0 Å². The van der Waals surface area contributed by atoms with E-state index in [9.17, 15) is 0 Å². The van der Waals surface area contributed by atoms with Gasteiger partial charge < -0.3 is 5.32 Å². The van der Waals surface area contributed by atoms with Crippen molar-refractivity contribution >= 4 is 11.8 Å². The summed E-state index contributed by atoms with van der Waals surface area (Å²) in [7, 11) is 2.00. The van der Waals surface area contributed by atoms with E-state index in [0.717, 1.165) is 11.8 Å². The Balaban J connectivity index is 1.98. The third kappa shape index (κ3) is 3.75. The molecule has 0 spiro atoms. The standard InChI is InChI=1S/C15H23NS/c1-12-10-15(9-8-13(12)11-16-2)17-14-6-4-3-5-7-14/h8-10,14,16H,3-7,11H2,1-2H3. The Morgan fingerprint density at radius 2 is 2.00 bits per heavy atom. The molecular formula is C15H23NS. The predicted octanol–water partition coefficient (Wildman–Crippen LogP) is 4.14. The number of benzene rings is 1. The minimum absolute atomic E-state index is 0.860. The van der Waals surface area contributed by atoms with Crippen LogP contribution in [0.25, 0.3) is 0 Å². The van der Waals surface area contributed by atoms with Crippen LogP contribution in [-0.2, 0) is 6.54 Å². The summed E-state index contributed by atoms with van der Waals surface area (Å²) in [5.74, 6) is 0. The molecule has 0 amide bonds. The first-order chi connectivity index (χ1) is 8.29. The fourth-order valence-electron chi connectivity index (χ4n) is 2.51. The number of thioether (sulfide) groups is 1. The van der Waals surface area contributed by atoms with Crippen molar-refractivity contribution in [3.05, 3.63) is 29.3 Å². The molecule has 0 atom stereocenters. The fourth-order valence-corrected chi connectivity index (χ4v) is 3.85. The van der Waals surface area contributed by atoms with E-state index in [4.69, 9.17) is 0 Å². The minimum atomic E-state index is 0.860. The molecule has 1 nitrogen and oxygen atoms in total. The van der Waals surface area contributed by atoms with Gasteiger partial charge in [-0.25, -0.2) is 0 Å². The van der Waals surface area contributed by atoms with Crippen LogP contribution in [0.4, 0.5) is 0 Å². The zero-order chi connectivity index (χ0) is 12.1. The van der Waals surface area contributed by atoms with Crippen LogP contribution >= 0.6 is 11.8 Å². The number of rotatable bonds is 4. The molecule has 2 rings (SSSR count). The van der Waals surface area contributed by atoms with E-state index in [1.807, 2.05) is 7.05 Å². The molecule has 17 heavy (non-hydrogen) atoms. The first-order valence-corrected chi connectivity index (χ1v) is 7.58. The monoisotopic (exact) mass is 249 g/mol. The average Bonchev–Trinajstić information content (AvgIpc) is 2.34. The highest BCUT2D eigenvalue weighted by Crippen LogP contribution is 2.34. The van der Waals surface area contributed by atoms with Crippen LogP contribution in [0.3, 0.4) is 0 Å². The van der Waals surface area contributed by atoms with Gasteiger partial charge in [0.15, 0.2) is 0 Å². The van der Waals surface area contributed by atoms with E-state index < -0.39 is 0 Å². The second-order valence-electron chi connectivity index (χ2n) is 5.00. The van der Waals surface area contributed by atoms with Gasteiger partial charge in [-0.05, 0) is 50.1 Å². The van der Waals surface area contributed by atoms with E-state index >= 15 is 0 Å². The van der Waals surface area contributed by atoms with Gasteiger partial charge >= 0.3 is 0 Å². The van der Waals surface area contributed by atoms with Crippen molar-refractivity contribution in [1.82, 2.24) is 5.32 Å². The summed E-state index contributed by atoms with van der Waals surface area (Å²) in [4.78, 5) is 1.45. The highest BCUT2D eigenvalue weighted by Gasteiger charge is 2.14. The lowest BCUT2D eigenvalue weighted by Crippen LogP contribution is -2.08. The maximum absolute atomic E-state index is 3.22. The zero-order valence-electron chi connectivity index (χ0n) is 11.0. The number of nitrogens with one attached hydrogen (secondary N) is 1. The van der Waals surface area contributed by atoms with Crippen LogP contribution in [0, 0.1) is 6.92 Å². The summed E-state index contributed by atoms with van der Waals surface area (Å²) in [5.41, 5.74) is 2.83. The van der Waals surface area contributed by atoms with E-state index in [-0.39, 0.29) is 0 Å². The Bertz CT molecular complexity index is 356. The summed E-state index contributed by atoms with van der Waals surface area (Å²) in [6, 6.07) is 6.92. The van der Waals surface area contributed by atoms with Gasteiger partial charge in [0.25, 0.3) is 0 Å². The molecule has 1 N–H and O–H groups in total. The minimum Gasteiger partial charge on any atom is -0.316 e. The second kappa shape index (κ2) is 6.46. The smallest absolute Gasteiger partial charge is 0.0205 e. The van der Waals surface area contributed by atoms with E-state index in [0.29, 0.717) is 0 Å². The van der Waals surface area contributed by atoms with Crippen molar-refractivity contribution in [1.29, 1.82) is 0 Å². The summed E-state index contributed by atoms with van der Waals surface area (Å²) in [6.07, 6.45) is 7.10. The number of hydrogen-bond acceptors (Lipinski definition) is 2. The molecule has 1 aromatic rings. The Hall–Kier alpha value is -0.470. The highest BCUT2D eigenvalue weighted by atomic mass is 32.2. The Kier molecular flexibility index (Phi) is 4.93. The van der Waals surface area contributed by atoms with Gasteiger partial charge in [0, 0.05) is 16.7 Å². The lowest BCUT2D eigenvalue weighted by molar-refractivity contribution is 0.516. The molecule has 1 saturated carbocycles. The van der Waals surface area contributed by atoms with Gasteiger partial charge in [-0.15, -0.1) is 11.8 Å². The highest BCUT2D eigenvalue weighted by molar-refractivity contribution is 8.00. The van der Waals surface area contributed by atoms with E-state index in [1.54, 1.807) is 0 Å². The molecule has 0 aliphatic heterocycles. The fraction of sp³-hybridized carbons (Fsp3) is 0.600. The third-order valence-corrected chi connectivity index (χ3v) is 4.87. The van der Waals surface area contributed by atoms with Crippen LogP contribution in [-0.4, -0.2) is 12.3 Å². The molecule has 94 valence electrons. The molecule has 1 fully saturated rings. The summed E-state index contributed by atoms with van der Waals surface area (Å²) < 4.78 is 0. The van der Waals surface area contributed by atoms with Crippen LogP contribution in [0.5, 0.6) is 0 Å². The Morgan fingerprint density at radius 1 is 1.24 bits per heavy atom. The van der Waals surface area contributed by atoms with E-state index in [2.05, 4.69) is 42.2 Å². The van der Waals surface area contributed by atoms with Crippen molar-refractivity contribution in [2.75, 3.05) is 7.05 Å². The quantitative estimate of drug-likeness (QED) is 0.860. The van der Waals surface area contributed by atoms with Crippen molar-refractivity contribution in [2.45, 2.75) is 55.7 Å². The molecule has 2 heteroatoms. The molecule has 0 unspecified atom stereocenters. The van der Waals surface area contributed by atoms with Crippen LogP contribution < -0.4 is 5.32 Å². The van der Waals surface area contributed by atoms with Crippen molar-refractivity contribution < 1.29 is 0 Å². The molecule has 0 saturated heterocycles.